The predicted molar refractivity (Wildman–Crippen MR) is 95.5 cm³/mol. The maximum Gasteiger partial charge on any atom is 0.338 e. The Morgan fingerprint density at radius 2 is 2.00 bits per heavy atom. The molecular weight excluding hydrogens is 341 g/mol. The lowest BCUT2D eigenvalue weighted by Crippen LogP contribution is -2.30. The molecule has 25 heavy (non-hydrogen) atoms. The van der Waals surface area contributed by atoms with E-state index < -0.39 is 0 Å². The molecule has 5 heteroatoms. The van der Waals surface area contributed by atoms with Crippen molar-refractivity contribution in [2.75, 3.05) is 12.4 Å². The number of rotatable bonds is 2. The summed E-state index contributed by atoms with van der Waals surface area (Å²) in [5.74, 6) is -0.319. The van der Waals surface area contributed by atoms with Crippen LogP contribution in [0.1, 0.15) is 39.9 Å². The molecule has 2 aliphatic rings. The third kappa shape index (κ3) is 2.61. The molecule has 0 saturated heterocycles. The summed E-state index contributed by atoms with van der Waals surface area (Å²) in [6, 6.07) is 9.96. The molecule has 0 unspecified atom stereocenters. The van der Waals surface area contributed by atoms with Gasteiger partial charge in [0.2, 0.25) is 0 Å². The van der Waals surface area contributed by atoms with Crippen LogP contribution in [-0.4, -0.2) is 13.1 Å². The molecular formula is C20H17ClFNO2. The minimum Gasteiger partial charge on any atom is -0.465 e. The zero-order valence-electron chi connectivity index (χ0n) is 13.6. The number of hydrogen-bond donors (Lipinski definition) is 1. The number of carbonyl (C=O) groups excluding carboxylic acids is 1. The van der Waals surface area contributed by atoms with Crippen molar-refractivity contribution in [2.45, 2.75) is 18.4 Å². The molecule has 3 atom stereocenters. The predicted octanol–water partition coefficient (Wildman–Crippen LogP) is 5.09. The Kier molecular flexibility index (Phi) is 4.00. The molecule has 3 nitrogen and oxygen atoms in total. The van der Waals surface area contributed by atoms with E-state index in [0.29, 0.717) is 10.6 Å². The van der Waals surface area contributed by atoms with Gasteiger partial charge in [-0.2, -0.15) is 0 Å². The number of halogens is 2. The summed E-state index contributed by atoms with van der Waals surface area (Å²) < 4.78 is 18.2. The Morgan fingerprint density at radius 3 is 2.72 bits per heavy atom. The summed E-state index contributed by atoms with van der Waals surface area (Å²) in [5, 5.41) is 4.05. The summed E-state index contributed by atoms with van der Waals surface area (Å²) in [7, 11) is 1.38. The van der Waals surface area contributed by atoms with Crippen LogP contribution in [0, 0.1) is 11.7 Å². The molecule has 1 aliphatic heterocycles. The van der Waals surface area contributed by atoms with Gasteiger partial charge in [-0.1, -0.05) is 35.9 Å². The van der Waals surface area contributed by atoms with Gasteiger partial charge in [0, 0.05) is 5.92 Å². The normalized spacial score (nSPS) is 23.6. The van der Waals surface area contributed by atoms with E-state index in [2.05, 4.69) is 17.5 Å². The number of ether oxygens (including phenoxy) is 1. The van der Waals surface area contributed by atoms with E-state index in [1.807, 2.05) is 0 Å². The lowest BCUT2D eigenvalue weighted by molar-refractivity contribution is 0.0598. The van der Waals surface area contributed by atoms with Crippen molar-refractivity contribution in [3.8, 4) is 0 Å². The molecule has 4 rings (SSSR count). The largest absolute Gasteiger partial charge is 0.465 e. The maximum absolute atomic E-state index is 13.3. The Morgan fingerprint density at radius 1 is 1.24 bits per heavy atom. The van der Waals surface area contributed by atoms with Crippen molar-refractivity contribution in [1.82, 2.24) is 0 Å². The van der Waals surface area contributed by atoms with Crippen molar-refractivity contribution in [1.29, 1.82) is 0 Å². The van der Waals surface area contributed by atoms with E-state index >= 15 is 0 Å². The van der Waals surface area contributed by atoms with Gasteiger partial charge in [0.25, 0.3) is 0 Å². The summed E-state index contributed by atoms with van der Waals surface area (Å²) in [4.78, 5) is 12.2. The van der Waals surface area contributed by atoms with Gasteiger partial charge in [-0.05, 0) is 47.7 Å². The number of fused-ring (bicyclic) bond motifs is 3. The van der Waals surface area contributed by atoms with Crippen molar-refractivity contribution >= 4 is 23.3 Å². The van der Waals surface area contributed by atoms with E-state index in [1.165, 1.54) is 19.2 Å². The summed E-state index contributed by atoms with van der Waals surface area (Å²) in [6.07, 6.45) is 5.14. The van der Waals surface area contributed by atoms with Crippen LogP contribution in [0.4, 0.5) is 10.1 Å². The fraction of sp³-hybridized carbons (Fsp3) is 0.250. The molecule has 128 valence electrons. The highest BCUT2D eigenvalue weighted by atomic mass is 35.5. The van der Waals surface area contributed by atoms with Crippen LogP contribution < -0.4 is 5.32 Å². The average Bonchev–Trinajstić information content (AvgIpc) is 3.11. The van der Waals surface area contributed by atoms with Crippen LogP contribution in [0.5, 0.6) is 0 Å². The fourth-order valence-electron chi connectivity index (χ4n) is 3.96. The smallest absolute Gasteiger partial charge is 0.338 e. The third-order valence-electron chi connectivity index (χ3n) is 5.10. The van der Waals surface area contributed by atoms with Crippen LogP contribution in [0.15, 0.2) is 48.6 Å². The number of carbonyl (C=O) groups is 1. The number of allylic oxidation sites excluding steroid dienone is 2. The zero-order chi connectivity index (χ0) is 17.6. The standard InChI is InChI=1S/C20H17ClFNO2/c1-25-20(24)15-9-10-16(21)19-17(15)13-3-2-4-14(13)18(23-19)11-5-7-12(22)8-6-11/h2-3,5-10,13-14,18,23H,4H2,1H3/t13-,14+,18-/m1/s1. The lowest BCUT2D eigenvalue weighted by atomic mass is 9.75. The Balaban J connectivity index is 1.85. The SMILES string of the molecule is COC(=O)c1ccc(Cl)c2c1[C@@H]1C=CC[C@@H]1[C@@H](c1ccc(F)cc1)N2. The monoisotopic (exact) mass is 357 g/mol. The number of nitrogens with one attached hydrogen (secondary N) is 1. The van der Waals surface area contributed by atoms with Gasteiger partial charge in [0.1, 0.15) is 5.82 Å². The first-order chi connectivity index (χ1) is 12.1. The Bertz CT molecular complexity index is 863. The van der Waals surface area contributed by atoms with Crippen molar-refractivity contribution < 1.29 is 13.9 Å². The van der Waals surface area contributed by atoms with Crippen molar-refractivity contribution in [2.24, 2.45) is 5.92 Å². The third-order valence-corrected chi connectivity index (χ3v) is 5.42. The zero-order valence-corrected chi connectivity index (χ0v) is 14.4. The first-order valence-corrected chi connectivity index (χ1v) is 8.57. The Labute approximate surface area is 150 Å². The second-order valence-electron chi connectivity index (χ2n) is 6.40. The van der Waals surface area contributed by atoms with Crippen LogP contribution >= 0.6 is 11.6 Å². The molecule has 2 aromatic carbocycles. The number of methoxy groups -OCH3 is 1. The summed E-state index contributed by atoms with van der Waals surface area (Å²) in [6.45, 7) is 0. The quantitative estimate of drug-likeness (QED) is 0.600. The van der Waals surface area contributed by atoms with Gasteiger partial charge in [-0.3, -0.25) is 0 Å². The maximum atomic E-state index is 13.3. The van der Waals surface area contributed by atoms with Gasteiger partial charge >= 0.3 is 5.97 Å². The van der Waals surface area contributed by atoms with E-state index in [-0.39, 0.29) is 29.7 Å². The number of benzene rings is 2. The van der Waals surface area contributed by atoms with Gasteiger partial charge in [0.05, 0.1) is 29.4 Å². The molecule has 1 aliphatic carbocycles. The molecule has 0 aromatic heterocycles. The van der Waals surface area contributed by atoms with E-state index in [9.17, 15) is 9.18 Å². The first kappa shape index (κ1) is 16.2. The molecule has 1 N–H and O–H groups in total. The molecule has 2 aromatic rings. The average molecular weight is 358 g/mol. The second kappa shape index (κ2) is 6.19. The second-order valence-corrected chi connectivity index (χ2v) is 6.81. The molecule has 0 radical (unpaired) electrons. The van der Waals surface area contributed by atoms with Crippen molar-refractivity contribution in [3.05, 3.63) is 76.1 Å². The first-order valence-electron chi connectivity index (χ1n) is 8.19. The van der Waals surface area contributed by atoms with Crippen LogP contribution in [0.3, 0.4) is 0 Å². The van der Waals surface area contributed by atoms with Gasteiger partial charge in [-0.25, -0.2) is 9.18 Å². The molecule has 0 saturated carbocycles. The molecule has 0 fully saturated rings. The van der Waals surface area contributed by atoms with Crippen molar-refractivity contribution in [3.63, 3.8) is 0 Å². The highest BCUT2D eigenvalue weighted by Crippen LogP contribution is 2.52. The minimum atomic E-state index is -0.367. The van der Waals surface area contributed by atoms with Crippen LogP contribution in [0.2, 0.25) is 5.02 Å². The number of esters is 1. The molecule has 0 bridgehead atoms. The van der Waals surface area contributed by atoms with E-state index in [0.717, 1.165) is 23.2 Å². The fourth-order valence-corrected chi connectivity index (χ4v) is 4.18. The highest BCUT2D eigenvalue weighted by molar-refractivity contribution is 6.33. The molecule has 0 amide bonds. The molecule has 1 heterocycles. The number of hydrogen-bond acceptors (Lipinski definition) is 3. The van der Waals surface area contributed by atoms with E-state index in [4.69, 9.17) is 16.3 Å². The van der Waals surface area contributed by atoms with Gasteiger partial charge in [0.15, 0.2) is 0 Å². The summed E-state index contributed by atoms with van der Waals surface area (Å²) >= 11 is 6.43. The highest BCUT2D eigenvalue weighted by Gasteiger charge is 2.40. The topological polar surface area (TPSA) is 38.3 Å². The molecule has 0 spiro atoms. The van der Waals surface area contributed by atoms with Crippen LogP contribution in [-0.2, 0) is 4.74 Å². The minimum absolute atomic E-state index is 0.00139. The summed E-state index contributed by atoms with van der Waals surface area (Å²) in [5.41, 5.74) is 3.18. The van der Waals surface area contributed by atoms with Gasteiger partial charge < -0.3 is 10.1 Å². The van der Waals surface area contributed by atoms with E-state index in [1.54, 1.807) is 24.3 Å². The Hall–Kier alpha value is -2.33. The lowest BCUT2D eigenvalue weighted by Gasteiger charge is -2.38. The number of anilines is 1. The van der Waals surface area contributed by atoms with Crippen LogP contribution in [0.25, 0.3) is 0 Å². The van der Waals surface area contributed by atoms with Gasteiger partial charge in [-0.15, -0.1) is 0 Å².